The van der Waals surface area contributed by atoms with Crippen molar-refractivity contribution >= 4 is 43.7 Å². The van der Waals surface area contributed by atoms with Crippen LogP contribution in [0.1, 0.15) is 11.5 Å². The number of benzene rings is 6. The first-order valence-corrected chi connectivity index (χ1v) is 16.2. The molecule has 8 aromatic rings. The van der Waals surface area contributed by atoms with E-state index in [9.17, 15) is 0 Å². The molecule has 10 rings (SSSR count). The van der Waals surface area contributed by atoms with Gasteiger partial charge in [0, 0.05) is 29.1 Å². The van der Waals surface area contributed by atoms with Crippen molar-refractivity contribution in [2.24, 2.45) is 0 Å². The van der Waals surface area contributed by atoms with E-state index in [0.29, 0.717) is 12.0 Å². The largest absolute Gasteiger partial charge is 0.333 e. The predicted octanol–water partition coefficient (Wildman–Crippen LogP) is 11.3. The Kier molecular flexibility index (Phi) is 5.65. The van der Waals surface area contributed by atoms with Crippen LogP contribution >= 0.6 is 0 Å². The van der Waals surface area contributed by atoms with Gasteiger partial charge in [0.1, 0.15) is 0 Å². The Bertz CT molecular complexity index is 2510. The highest BCUT2D eigenvalue weighted by Gasteiger charge is 2.36. The smallest absolute Gasteiger partial charge is 0.0786 e. The number of para-hydroxylation sites is 1. The number of anilines is 2. The van der Waals surface area contributed by atoms with Crippen molar-refractivity contribution in [2.45, 2.75) is 12.0 Å². The van der Waals surface area contributed by atoms with E-state index in [1.54, 1.807) is 0 Å². The van der Waals surface area contributed by atoms with Crippen molar-refractivity contribution in [1.29, 1.82) is 0 Å². The highest BCUT2D eigenvalue weighted by atomic mass is 15.2. The number of rotatable bonds is 4. The molecular weight excluding hydrogens is 569 g/mol. The SMILES string of the molecule is c1c(-c2ccccn2)ccc(-c2ccc3ccc4c(-c5ccc(N6c7ccccc7C7C=CC=CC76)cc5)ccc5ccc2c3c54)c#1. The van der Waals surface area contributed by atoms with E-state index in [1.807, 2.05) is 24.4 Å². The number of nitrogens with zero attached hydrogens (tertiary/aromatic N) is 2. The highest BCUT2D eigenvalue weighted by molar-refractivity contribution is 6.27. The molecule has 7 aromatic carbocycles. The molecule has 0 amide bonds. The summed E-state index contributed by atoms with van der Waals surface area (Å²) in [5.74, 6) is 0.382. The van der Waals surface area contributed by atoms with Gasteiger partial charge in [-0.1, -0.05) is 121 Å². The molecule has 2 heterocycles. The molecule has 47 heavy (non-hydrogen) atoms. The third kappa shape index (κ3) is 3.97. The normalized spacial score (nSPS) is 16.6. The topological polar surface area (TPSA) is 16.1 Å². The summed E-state index contributed by atoms with van der Waals surface area (Å²) in [6.07, 6.45) is 10.8. The maximum absolute atomic E-state index is 4.48. The van der Waals surface area contributed by atoms with E-state index in [2.05, 4.69) is 156 Å². The van der Waals surface area contributed by atoms with Crippen molar-refractivity contribution in [3.05, 3.63) is 176 Å². The van der Waals surface area contributed by atoms with Gasteiger partial charge in [-0.2, -0.15) is 0 Å². The van der Waals surface area contributed by atoms with Crippen molar-refractivity contribution in [2.75, 3.05) is 4.90 Å². The lowest BCUT2D eigenvalue weighted by atomic mass is 9.87. The van der Waals surface area contributed by atoms with E-state index in [-0.39, 0.29) is 0 Å². The second-order valence-corrected chi connectivity index (χ2v) is 12.5. The number of allylic oxidation sites excluding steroid dienone is 2. The first-order valence-electron chi connectivity index (χ1n) is 16.2. The van der Waals surface area contributed by atoms with Crippen LogP contribution in [-0.2, 0) is 0 Å². The van der Waals surface area contributed by atoms with Gasteiger partial charge >= 0.3 is 0 Å². The molecule has 218 valence electrons. The Morgan fingerprint density at radius 2 is 1.23 bits per heavy atom. The summed E-state index contributed by atoms with van der Waals surface area (Å²) in [4.78, 5) is 6.97. The molecule has 1 aliphatic heterocycles. The summed E-state index contributed by atoms with van der Waals surface area (Å²) < 4.78 is 0. The molecule has 2 atom stereocenters. The summed E-state index contributed by atoms with van der Waals surface area (Å²) in [5.41, 5.74) is 10.4. The van der Waals surface area contributed by atoms with Gasteiger partial charge in [-0.05, 0) is 97.0 Å². The Hall–Kier alpha value is -6.17. The quantitative estimate of drug-likeness (QED) is 0.188. The maximum Gasteiger partial charge on any atom is 0.0786 e. The van der Waals surface area contributed by atoms with Crippen LogP contribution < -0.4 is 4.90 Å². The number of pyridine rings is 1. The van der Waals surface area contributed by atoms with E-state index in [0.717, 1.165) is 16.8 Å². The van der Waals surface area contributed by atoms with Gasteiger partial charge < -0.3 is 4.90 Å². The average Bonchev–Trinajstić information content (AvgIpc) is 3.49. The second kappa shape index (κ2) is 10.2. The molecule has 0 radical (unpaired) electrons. The lowest BCUT2D eigenvalue weighted by Crippen LogP contribution is -2.28. The van der Waals surface area contributed by atoms with E-state index in [1.165, 1.54) is 65.9 Å². The summed E-state index contributed by atoms with van der Waals surface area (Å²) in [6, 6.07) is 53.4. The molecule has 1 aromatic heterocycles. The minimum Gasteiger partial charge on any atom is -0.333 e. The molecule has 2 nitrogen and oxygen atoms in total. The second-order valence-electron chi connectivity index (χ2n) is 12.5. The predicted molar refractivity (Wildman–Crippen MR) is 195 cm³/mol. The van der Waals surface area contributed by atoms with Crippen molar-refractivity contribution < 1.29 is 0 Å². The monoisotopic (exact) mass is 596 g/mol. The first kappa shape index (κ1) is 26.1. The van der Waals surface area contributed by atoms with Gasteiger partial charge in [0.15, 0.2) is 0 Å². The summed E-state index contributed by atoms with van der Waals surface area (Å²) >= 11 is 0. The Morgan fingerprint density at radius 3 is 2.00 bits per heavy atom. The molecule has 0 spiro atoms. The van der Waals surface area contributed by atoms with Crippen LogP contribution in [0, 0.1) is 12.1 Å². The fraction of sp³-hybridized carbons (Fsp3) is 0.0444. The molecule has 2 heteroatoms. The third-order valence-electron chi connectivity index (χ3n) is 10.1. The number of aromatic nitrogens is 1. The summed E-state index contributed by atoms with van der Waals surface area (Å²) in [6.45, 7) is 0. The lowest BCUT2D eigenvalue weighted by Gasteiger charge is -2.28. The zero-order valence-corrected chi connectivity index (χ0v) is 25.6. The number of hydrogen-bond donors (Lipinski definition) is 0. The Balaban J connectivity index is 1.07. The number of hydrogen-bond acceptors (Lipinski definition) is 2. The maximum atomic E-state index is 4.48. The van der Waals surface area contributed by atoms with Crippen molar-refractivity contribution in [3.63, 3.8) is 0 Å². The molecule has 0 saturated heterocycles. The first-order chi connectivity index (χ1) is 23.3. The van der Waals surface area contributed by atoms with Gasteiger partial charge in [-0.3, -0.25) is 4.98 Å². The third-order valence-corrected chi connectivity index (χ3v) is 10.1. The van der Waals surface area contributed by atoms with Crippen molar-refractivity contribution in [1.82, 2.24) is 4.98 Å². The molecule has 0 N–H and O–H groups in total. The van der Waals surface area contributed by atoms with E-state index in [4.69, 9.17) is 0 Å². The van der Waals surface area contributed by atoms with E-state index < -0.39 is 0 Å². The van der Waals surface area contributed by atoms with Crippen LogP contribution in [-0.4, -0.2) is 11.0 Å². The lowest BCUT2D eigenvalue weighted by molar-refractivity contribution is 0.745. The molecule has 2 aliphatic rings. The summed E-state index contributed by atoms with van der Waals surface area (Å²) in [7, 11) is 0. The van der Waals surface area contributed by atoms with Crippen molar-refractivity contribution in [3.8, 4) is 33.5 Å². The zero-order valence-electron chi connectivity index (χ0n) is 25.6. The molecule has 0 saturated carbocycles. The van der Waals surface area contributed by atoms with E-state index >= 15 is 0 Å². The molecule has 0 bridgehead atoms. The van der Waals surface area contributed by atoms with Crippen LogP contribution in [0.4, 0.5) is 11.4 Å². The van der Waals surface area contributed by atoms with Crippen LogP contribution in [0.25, 0.3) is 65.8 Å². The van der Waals surface area contributed by atoms with Gasteiger partial charge in [-0.25, -0.2) is 0 Å². The van der Waals surface area contributed by atoms with Gasteiger partial charge in [-0.15, -0.1) is 0 Å². The molecular formula is C45H28N2. The van der Waals surface area contributed by atoms with Crippen LogP contribution in [0.3, 0.4) is 0 Å². The number of fused-ring (bicyclic) bond motifs is 3. The average molecular weight is 597 g/mol. The fourth-order valence-electron chi connectivity index (χ4n) is 7.89. The molecule has 1 aliphatic carbocycles. The molecule has 2 unspecified atom stereocenters. The Morgan fingerprint density at radius 1 is 0.553 bits per heavy atom. The van der Waals surface area contributed by atoms with Gasteiger partial charge in [0.25, 0.3) is 0 Å². The highest BCUT2D eigenvalue weighted by Crippen LogP contribution is 2.48. The standard InChI is InChI=1S/C45H28N2/c1-3-10-42-37(7-1)38-8-2-4-11-43(38)47(42)34-22-16-30(17-23-34)36-25-19-33-20-26-39-35(24-18-32-21-27-40(36)45(33)44(32)39)29-12-14-31(15-13-29)41-9-5-6-28-46-41/h1-12,14,16-28,37,42H. The minimum absolute atomic E-state index is 0.299. The fourth-order valence-corrected chi connectivity index (χ4v) is 7.89. The Labute approximate surface area is 273 Å². The van der Waals surface area contributed by atoms with Gasteiger partial charge in [0.05, 0.1) is 17.3 Å². The van der Waals surface area contributed by atoms with Crippen LogP contribution in [0.5, 0.6) is 0 Å². The molecule has 0 fully saturated rings. The van der Waals surface area contributed by atoms with Gasteiger partial charge in [0.2, 0.25) is 0 Å². The minimum atomic E-state index is 0.299. The zero-order chi connectivity index (χ0) is 30.9. The van der Waals surface area contributed by atoms with Crippen LogP contribution in [0.15, 0.2) is 158 Å². The van der Waals surface area contributed by atoms with Crippen LogP contribution in [0.2, 0.25) is 0 Å². The summed E-state index contributed by atoms with van der Waals surface area (Å²) in [5, 5.41) is 7.63.